The fraction of sp³-hybridized carbons (Fsp3) is 0.182. The van der Waals surface area contributed by atoms with Crippen molar-refractivity contribution >= 4 is 18.0 Å². The maximum atomic E-state index is 10.7. The van der Waals surface area contributed by atoms with Gasteiger partial charge in [-0.25, -0.2) is 4.79 Å². The van der Waals surface area contributed by atoms with Crippen molar-refractivity contribution in [1.29, 1.82) is 0 Å². The first-order valence-corrected chi connectivity index (χ1v) is 5.37. The van der Waals surface area contributed by atoms with Crippen LogP contribution in [0.3, 0.4) is 0 Å². The first kappa shape index (κ1) is 11.7. The number of hydrogen-bond acceptors (Lipinski definition) is 4. The topological polar surface area (TPSA) is 35.5 Å². The Labute approximate surface area is 93.3 Å². The normalized spacial score (nSPS) is 9.33. The molecule has 0 aromatic heterocycles. The maximum absolute atomic E-state index is 10.7. The number of carbonyl (C=O) groups is 1. The zero-order valence-electron chi connectivity index (χ0n) is 8.22. The Balaban J connectivity index is 2.07. The van der Waals surface area contributed by atoms with Crippen molar-refractivity contribution in [3.8, 4) is 5.75 Å². The van der Waals surface area contributed by atoms with Gasteiger partial charge in [0.25, 0.3) is 0 Å². The largest absolute Gasteiger partial charge is 0.462 e. The summed E-state index contributed by atoms with van der Waals surface area (Å²) in [5.74, 6) is 0.974. The van der Waals surface area contributed by atoms with E-state index in [0.29, 0.717) is 12.4 Å². The lowest BCUT2D eigenvalue weighted by atomic mass is 10.3. The van der Waals surface area contributed by atoms with Gasteiger partial charge in [0.1, 0.15) is 12.4 Å². The van der Waals surface area contributed by atoms with E-state index < -0.39 is 5.97 Å². The third-order valence-electron chi connectivity index (χ3n) is 1.48. The molecule has 15 heavy (non-hydrogen) atoms. The second-order valence-corrected chi connectivity index (χ2v) is 3.40. The third kappa shape index (κ3) is 5.12. The lowest BCUT2D eigenvalue weighted by Gasteiger charge is -2.03. The van der Waals surface area contributed by atoms with Crippen LogP contribution in [0.4, 0.5) is 0 Å². The van der Waals surface area contributed by atoms with Crippen LogP contribution in [-0.4, -0.2) is 18.3 Å². The second kappa shape index (κ2) is 6.95. The summed E-state index contributed by atoms with van der Waals surface area (Å²) in [6.07, 6.45) is 1.14. The predicted octanol–water partition coefficient (Wildman–Crippen LogP) is 2.44. The highest BCUT2D eigenvalue weighted by Crippen LogP contribution is 2.14. The van der Waals surface area contributed by atoms with Gasteiger partial charge in [-0.15, -0.1) is 0 Å². The summed E-state index contributed by atoms with van der Waals surface area (Å²) < 4.78 is 10.1. The fourth-order valence-corrected chi connectivity index (χ4v) is 1.30. The fourth-order valence-electron chi connectivity index (χ4n) is 0.821. The minimum atomic E-state index is -0.407. The van der Waals surface area contributed by atoms with Crippen molar-refractivity contribution in [3.05, 3.63) is 43.0 Å². The molecule has 0 heterocycles. The minimum absolute atomic E-state index is 0.322. The molecule has 0 amide bonds. The van der Waals surface area contributed by atoms with Gasteiger partial charge in [0.05, 0.1) is 17.8 Å². The van der Waals surface area contributed by atoms with Gasteiger partial charge in [0.15, 0.2) is 0 Å². The molecular formula is C11H12O3S. The molecule has 1 aromatic carbocycles. The number of hydrogen-bond donors (Lipinski definition) is 0. The summed E-state index contributed by atoms with van der Waals surface area (Å²) in [7, 11) is 0. The zero-order chi connectivity index (χ0) is 10.9. The summed E-state index contributed by atoms with van der Waals surface area (Å²) in [5.41, 5.74) is 0. The van der Waals surface area contributed by atoms with Gasteiger partial charge in [-0.05, 0) is 12.1 Å². The molecule has 0 aliphatic heterocycles. The van der Waals surface area contributed by atoms with Gasteiger partial charge in [0.2, 0.25) is 0 Å². The Morgan fingerprint density at radius 1 is 1.40 bits per heavy atom. The smallest absolute Gasteiger partial charge is 0.330 e. The first-order valence-electron chi connectivity index (χ1n) is 4.46. The van der Waals surface area contributed by atoms with Crippen molar-refractivity contribution < 1.29 is 13.7 Å². The maximum Gasteiger partial charge on any atom is 0.330 e. The van der Waals surface area contributed by atoms with Gasteiger partial charge in [-0.3, -0.25) is 0 Å². The van der Waals surface area contributed by atoms with Crippen molar-refractivity contribution in [2.24, 2.45) is 0 Å². The van der Waals surface area contributed by atoms with E-state index in [0.717, 1.165) is 11.8 Å². The molecule has 0 bridgehead atoms. The molecule has 3 nitrogen and oxygen atoms in total. The highest BCUT2D eigenvalue weighted by Gasteiger charge is 1.96. The Kier molecular flexibility index (Phi) is 5.40. The Morgan fingerprint density at radius 2 is 2.13 bits per heavy atom. The van der Waals surface area contributed by atoms with Crippen molar-refractivity contribution in [1.82, 2.24) is 0 Å². The number of esters is 1. The van der Waals surface area contributed by atoms with Crippen LogP contribution in [0.5, 0.6) is 5.75 Å². The van der Waals surface area contributed by atoms with Gasteiger partial charge in [0, 0.05) is 6.08 Å². The summed E-state index contributed by atoms with van der Waals surface area (Å²) in [4.78, 5) is 10.7. The molecule has 0 saturated heterocycles. The summed E-state index contributed by atoms with van der Waals surface area (Å²) in [6.45, 7) is 3.62. The van der Waals surface area contributed by atoms with Gasteiger partial charge in [-0.1, -0.05) is 24.8 Å². The Hall–Kier alpha value is -1.42. The third-order valence-corrected chi connectivity index (χ3v) is 2.12. The number of benzene rings is 1. The number of para-hydroxylation sites is 1. The molecular weight excluding hydrogens is 212 g/mol. The molecule has 80 valence electrons. The lowest BCUT2D eigenvalue weighted by molar-refractivity contribution is -0.137. The van der Waals surface area contributed by atoms with Crippen LogP contribution in [0, 0.1) is 0 Å². The summed E-state index contributed by atoms with van der Waals surface area (Å²) in [5, 5.41) is 0. The van der Waals surface area contributed by atoms with E-state index in [1.54, 1.807) is 0 Å². The molecule has 0 N–H and O–H groups in total. The zero-order valence-corrected chi connectivity index (χ0v) is 9.03. The minimum Gasteiger partial charge on any atom is -0.462 e. The summed E-state index contributed by atoms with van der Waals surface area (Å²) >= 11 is 1.25. The summed E-state index contributed by atoms with van der Waals surface area (Å²) in [6, 6.07) is 9.44. The average Bonchev–Trinajstić information content (AvgIpc) is 2.29. The number of rotatable bonds is 6. The molecule has 0 aliphatic carbocycles. The first-order chi connectivity index (χ1) is 7.33. The standard InChI is InChI=1S/C11H12O3S/c1-2-11(12)13-8-9-15-14-10-6-4-3-5-7-10/h2-7H,1,8-9H2. The van der Waals surface area contributed by atoms with E-state index in [-0.39, 0.29) is 0 Å². The molecule has 0 atom stereocenters. The quantitative estimate of drug-likeness (QED) is 0.322. The Bertz CT molecular complexity index is 311. The van der Waals surface area contributed by atoms with Crippen LogP contribution in [0.15, 0.2) is 43.0 Å². The highest BCUT2D eigenvalue weighted by molar-refractivity contribution is 7.95. The van der Waals surface area contributed by atoms with Crippen LogP contribution in [-0.2, 0) is 9.53 Å². The lowest BCUT2D eigenvalue weighted by Crippen LogP contribution is -2.04. The van der Waals surface area contributed by atoms with Crippen molar-refractivity contribution in [2.75, 3.05) is 12.4 Å². The van der Waals surface area contributed by atoms with Gasteiger partial charge < -0.3 is 8.92 Å². The van der Waals surface area contributed by atoms with E-state index >= 15 is 0 Å². The van der Waals surface area contributed by atoms with Crippen LogP contribution in [0.2, 0.25) is 0 Å². The highest BCUT2D eigenvalue weighted by atomic mass is 32.2. The van der Waals surface area contributed by atoms with E-state index in [1.807, 2.05) is 30.3 Å². The SMILES string of the molecule is C=CC(=O)OCCSOc1ccccc1. The van der Waals surface area contributed by atoms with Crippen molar-refractivity contribution in [3.63, 3.8) is 0 Å². The molecule has 0 unspecified atom stereocenters. The molecule has 0 spiro atoms. The molecule has 0 radical (unpaired) electrons. The molecule has 0 fully saturated rings. The number of ether oxygens (including phenoxy) is 1. The van der Waals surface area contributed by atoms with Crippen LogP contribution in [0.1, 0.15) is 0 Å². The van der Waals surface area contributed by atoms with E-state index in [4.69, 9.17) is 8.92 Å². The number of carbonyl (C=O) groups excluding carboxylic acids is 1. The Morgan fingerprint density at radius 3 is 2.80 bits per heavy atom. The van der Waals surface area contributed by atoms with Crippen LogP contribution < -0.4 is 4.18 Å². The molecule has 4 heteroatoms. The van der Waals surface area contributed by atoms with Crippen LogP contribution in [0.25, 0.3) is 0 Å². The average molecular weight is 224 g/mol. The molecule has 1 rings (SSSR count). The van der Waals surface area contributed by atoms with E-state index in [1.165, 1.54) is 12.0 Å². The molecule has 0 aliphatic rings. The van der Waals surface area contributed by atoms with E-state index in [9.17, 15) is 4.79 Å². The molecule has 0 saturated carbocycles. The van der Waals surface area contributed by atoms with Crippen molar-refractivity contribution in [2.45, 2.75) is 0 Å². The molecule has 1 aromatic rings. The monoisotopic (exact) mass is 224 g/mol. The predicted molar refractivity (Wildman–Crippen MR) is 60.7 cm³/mol. The van der Waals surface area contributed by atoms with E-state index in [2.05, 4.69) is 6.58 Å². The van der Waals surface area contributed by atoms with Gasteiger partial charge in [-0.2, -0.15) is 0 Å². The van der Waals surface area contributed by atoms with Crippen LogP contribution >= 0.6 is 12.0 Å². The second-order valence-electron chi connectivity index (χ2n) is 2.59. The van der Waals surface area contributed by atoms with Gasteiger partial charge >= 0.3 is 5.97 Å².